The van der Waals surface area contributed by atoms with Gasteiger partial charge in [-0.15, -0.1) is 0 Å². The van der Waals surface area contributed by atoms with Crippen LogP contribution in [0.3, 0.4) is 0 Å². The number of benzene rings is 1. The van der Waals surface area contributed by atoms with Gasteiger partial charge in [0.05, 0.1) is 17.6 Å². The smallest absolute Gasteiger partial charge is 0.181 e. The van der Waals surface area contributed by atoms with Crippen molar-refractivity contribution < 1.29 is 4.39 Å². The predicted octanol–water partition coefficient (Wildman–Crippen LogP) is 4.70. The number of aromatic amines is 3. The van der Waals surface area contributed by atoms with Gasteiger partial charge in [0.1, 0.15) is 11.5 Å². The molecule has 0 aliphatic carbocycles. The summed E-state index contributed by atoms with van der Waals surface area (Å²) in [7, 11) is 0. The SMILES string of the molecule is Fc1ccc(-c2ccnc3[nH]c(-c4[nH]nc5ncc(-c6cn[nH]c6)cc45)cc23)cc1. The number of hydrogen-bond donors (Lipinski definition) is 3. The molecular formula is C22H14FN7. The summed E-state index contributed by atoms with van der Waals surface area (Å²) in [5.74, 6) is -0.260. The molecule has 0 saturated carbocycles. The molecule has 3 N–H and O–H groups in total. The third kappa shape index (κ3) is 2.58. The van der Waals surface area contributed by atoms with E-state index in [1.807, 2.05) is 24.4 Å². The van der Waals surface area contributed by atoms with Crippen LogP contribution in [-0.2, 0) is 0 Å². The van der Waals surface area contributed by atoms with Crippen molar-refractivity contribution in [1.29, 1.82) is 0 Å². The summed E-state index contributed by atoms with van der Waals surface area (Å²) in [6.07, 6.45) is 7.09. The molecule has 1 aromatic carbocycles. The van der Waals surface area contributed by atoms with Crippen LogP contribution < -0.4 is 0 Å². The average molecular weight is 395 g/mol. The van der Waals surface area contributed by atoms with Gasteiger partial charge < -0.3 is 4.98 Å². The van der Waals surface area contributed by atoms with Crippen LogP contribution in [0.2, 0.25) is 0 Å². The van der Waals surface area contributed by atoms with E-state index in [2.05, 4.69) is 35.3 Å². The van der Waals surface area contributed by atoms with Gasteiger partial charge in [-0.1, -0.05) is 12.1 Å². The topological polar surface area (TPSA) is 98.9 Å². The Labute approximate surface area is 169 Å². The molecule has 0 spiro atoms. The molecule has 6 aromatic rings. The zero-order valence-electron chi connectivity index (χ0n) is 15.5. The Kier molecular flexibility index (Phi) is 3.51. The molecular weight excluding hydrogens is 381 g/mol. The second-order valence-corrected chi connectivity index (χ2v) is 6.99. The number of hydrogen-bond acceptors (Lipinski definition) is 4. The first-order valence-electron chi connectivity index (χ1n) is 9.33. The number of pyridine rings is 2. The van der Waals surface area contributed by atoms with Crippen LogP contribution in [0.25, 0.3) is 55.7 Å². The fourth-order valence-corrected chi connectivity index (χ4v) is 3.71. The normalized spacial score (nSPS) is 11.5. The van der Waals surface area contributed by atoms with E-state index in [1.165, 1.54) is 12.1 Å². The second kappa shape index (κ2) is 6.35. The predicted molar refractivity (Wildman–Crippen MR) is 112 cm³/mol. The second-order valence-electron chi connectivity index (χ2n) is 6.99. The molecule has 8 heteroatoms. The minimum Gasteiger partial charge on any atom is -0.338 e. The molecule has 144 valence electrons. The first kappa shape index (κ1) is 16.6. The Bertz CT molecular complexity index is 1490. The van der Waals surface area contributed by atoms with Crippen molar-refractivity contribution >= 4 is 22.1 Å². The first-order valence-corrected chi connectivity index (χ1v) is 9.33. The highest BCUT2D eigenvalue weighted by Crippen LogP contribution is 2.33. The van der Waals surface area contributed by atoms with Gasteiger partial charge in [0, 0.05) is 40.5 Å². The summed E-state index contributed by atoms with van der Waals surface area (Å²) in [6, 6.07) is 12.4. The molecule has 5 heterocycles. The largest absolute Gasteiger partial charge is 0.338 e. The van der Waals surface area contributed by atoms with Crippen molar-refractivity contribution in [3.8, 4) is 33.6 Å². The average Bonchev–Trinajstić information content (AvgIpc) is 3.52. The van der Waals surface area contributed by atoms with E-state index >= 15 is 0 Å². The molecule has 0 fully saturated rings. The monoisotopic (exact) mass is 395 g/mol. The van der Waals surface area contributed by atoms with Gasteiger partial charge in [-0.25, -0.2) is 14.4 Å². The van der Waals surface area contributed by atoms with Crippen LogP contribution in [0.5, 0.6) is 0 Å². The molecule has 0 radical (unpaired) electrons. The van der Waals surface area contributed by atoms with Crippen LogP contribution in [0.4, 0.5) is 4.39 Å². The third-order valence-electron chi connectivity index (χ3n) is 5.20. The van der Waals surface area contributed by atoms with Crippen molar-refractivity contribution in [1.82, 2.24) is 35.3 Å². The van der Waals surface area contributed by atoms with E-state index in [9.17, 15) is 4.39 Å². The summed E-state index contributed by atoms with van der Waals surface area (Å²) in [4.78, 5) is 12.3. The lowest BCUT2D eigenvalue weighted by molar-refractivity contribution is 0.628. The summed E-state index contributed by atoms with van der Waals surface area (Å²) in [5.41, 5.74) is 6.84. The standard InChI is InChI=1S/C22H14FN7/c23-15-3-1-12(2-4-15)16-5-6-24-21-17(16)8-19(28-21)20-18-7-13(14-10-26-27-11-14)9-25-22(18)30-29-20/h1-11H,(H,24,28)(H,26,27)(H,25,29,30). The summed E-state index contributed by atoms with van der Waals surface area (Å²) < 4.78 is 13.3. The van der Waals surface area contributed by atoms with Gasteiger partial charge in [-0.2, -0.15) is 10.2 Å². The van der Waals surface area contributed by atoms with E-state index in [4.69, 9.17) is 0 Å². The number of nitrogens with zero attached hydrogens (tertiary/aromatic N) is 4. The van der Waals surface area contributed by atoms with Crippen LogP contribution in [0, 0.1) is 5.82 Å². The molecule has 6 rings (SSSR count). The Morgan fingerprint density at radius 3 is 2.57 bits per heavy atom. The lowest BCUT2D eigenvalue weighted by Crippen LogP contribution is -1.83. The number of rotatable bonds is 3. The molecule has 0 bridgehead atoms. The van der Waals surface area contributed by atoms with Gasteiger partial charge in [0.25, 0.3) is 0 Å². The van der Waals surface area contributed by atoms with Crippen molar-refractivity contribution in [2.45, 2.75) is 0 Å². The number of halogens is 1. The Morgan fingerprint density at radius 1 is 0.833 bits per heavy atom. The number of H-pyrrole nitrogens is 3. The van der Waals surface area contributed by atoms with Gasteiger partial charge >= 0.3 is 0 Å². The lowest BCUT2D eigenvalue weighted by Gasteiger charge is -2.02. The number of fused-ring (bicyclic) bond motifs is 2. The zero-order chi connectivity index (χ0) is 20.1. The third-order valence-corrected chi connectivity index (χ3v) is 5.20. The molecule has 5 aromatic heterocycles. The maximum Gasteiger partial charge on any atom is 0.181 e. The van der Waals surface area contributed by atoms with Crippen molar-refractivity contribution in [2.75, 3.05) is 0 Å². The van der Waals surface area contributed by atoms with Crippen LogP contribution in [0.1, 0.15) is 0 Å². The molecule has 0 saturated heterocycles. The Balaban J connectivity index is 1.52. The molecule has 30 heavy (non-hydrogen) atoms. The highest BCUT2D eigenvalue weighted by Gasteiger charge is 2.15. The minimum absolute atomic E-state index is 0.260. The van der Waals surface area contributed by atoms with E-state index in [0.717, 1.165) is 50.1 Å². The van der Waals surface area contributed by atoms with Crippen LogP contribution >= 0.6 is 0 Å². The molecule has 0 aliphatic heterocycles. The Hall–Kier alpha value is -4.33. The Morgan fingerprint density at radius 2 is 1.73 bits per heavy atom. The van der Waals surface area contributed by atoms with Gasteiger partial charge in [0.2, 0.25) is 0 Å². The first-order chi connectivity index (χ1) is 14.8. The molecule has 0 amide bonds. The zero-order valence-corrected chi connectivity index (χ0v) is 15.5. The van der Waals surface area contributed by atoms with Gasteiger partial charge in [0.15, 0.2) is 5.65 Å². The summed E-state index contributed by atoms with van der Waals surface area (Å²) in [6.45, 7) is 0. The highest BCUT2D eigenvalue weighted by molar-refractivity contribution is 5.99. The van der Waals surface area contributed by atoms with Crippen molar-refractivity contribution in [3.05, 3.63) is 73.1 Å². The molecule has 0 aliphatic rings. The highest BCUT2D eigenvalue weighted by atomic mass is 19.1. The van der Waals surface area contributed by atoms with Gasteiger partial charge in [-0.05, 0) is 41.5 Å². The van der Waals surface area contributed by atoms with E-state index in [0.29, 0.717) is 5.65 Å². The number of aromatic nitrogens is 7. The molecule has 7 nitrogen and oxygen atoms in total. The van der Waals surface area contributed by atoms with Crippen molar-refractivity contribution in [2.24, 2.45) is 0 Å². The molecule has 0 unspecified atom stereocenters. The van der Waals surface area contributed by atoms with Gasteiger partial charge in [-0.3, -0.25) is 10.2 Å². The lowest BCUT2D eigenvalue weighted by atomic mass is 10.0. The summed E-state index contributed by atoms with van der Waals surface area (Å²) in [5, 5.41) is 16.1. The maximum atomic E-state index is 13.3. The number of nitrogens with one attached hydrogen (secondary N) is 3. The van der Waals surface area contributed by atoms with E-state index in [1.54, 1.807) is 30.7 Å². The van der Waals surface area contributed by atoms with Crippen LogP contribution in [-0.4, -0.2) is 35.3 Å². The summed E-state index contributed by atoms with van der Waals surface area (Å²) >= 11 is 0. The minimum atomic E-state index is -0.260. The fourth-order valence-electron chi connectivity index (χ4n) is 3.71. The van der Waals surface area contributed by atoms with Crippen molar-refractivity contribution in [3.63, 3.8) is 0 Å². The van der Waals surface area contributed by atoms with Crippen LogP contribution in [0.15, 0.2) is 67.3 Å². The molecule has 0 atom stereocenters. The van der Waals surface area contributed by atoms with E-state index in [-0.39, 0.29) is 5.82 Å². The maximum absolute atomic E-state index is 13.3. The fraction of sp³-hybridized carbons (Fsp3) is 0. The quantitative estimate of drug-likeness (QED) is 0.404. The van der Waals surface area contributed by atoms with E-state index < -0.39 is 0 Å².